The fraction of sp³-hybridized carbons (Fsp3) is 0.467. The summed E-state index contributed by atoms with van der Waals surface area (Å²) in [4.78, 5) is 24.6. The maximum atomic E-state index is 12.6. The molecule has 7 heteroatoms. The van der Waals surface area contributed by atoms with Gasteiger partial charge < -0.3 is 9.80 Å². The van der Waals surface area contributed by atoms with E-state index in [9.17, 15) is 4.79 Å². The van der Waals surface area contributed by atoms with E-state index in [-0.39, 0.29) is 11.9 Å². The van der Waals surface area contributed by atoms with Gasteiger partial charge in [-0.1, -0.05) is 0 Å². The van der Waals surface area contributed by atoms with Gasteiger partial charge in [-0.25, -0.2) is 4.98 Å². The number of amides is 1. The zero-order valence-electron chi connectivity index (χ0n) is 12.7. The monoisotopic (exact) mass is 300 g/mol. The minimum Gasteiger partial charge on any atom is -0.349 e. The van der Waals surface area contributed by atoms with Crippen molar-refractivity contribution in [3.8, 4) is 0 Å². The van der Waals surface area contributed by atoms with Gasteiger partial charge in [0, 0.05) is 38.4 Å². The molecule has 0 N–H and O–H groups in total. The molecule has 0 saturated carbocycles. The molecule has 1 fully saturated rings. The van der Waals surface area contributed by atoms with Crippen molar-refractivity contribution < 1.29 is 4.79 Å². The molecule has 1 saturated heterocycles. The highest BCUT2D eigenvalue weighted by Crippen LogP contribution is 2.19. The number of aromatic nitrogens is 4. The van der Waals surface area contributed by atoms with E-state index < -0.39 is 0 Å². The normalized spacial score (nSPS) is 17.7. The number of carbonyl (C=O) groups is 1. The summed E-state index contributed by atoms with van der Waals surface area (Å²) in [6.45, 7) is 1.89. The van der Waals surface area contributed by atoms with Gasteiger partial charge in [0.1, 0.15) is 5.82 Å². The molecule has 0 spiro atoms. The van der Waals surface area contributed by atoms with E-state index >= 15 is 0 Å². The maximum absolute atomic E-state index is 12.6. The first kappa shape index (κ1) is 14.5. The van der Waals surface area contributed by atoms with Crippen LogP contribution in [0.3, 0.4) is 0 Å². The van der Waals surface area contributed by atoms with Crippen LogP contribution in [0.25, 0.3) is 0 Å². The summed E-state index contributed by atoms with van der Waals surface area (Å²) < 4.78 is 1.89. The van der Waals surface area contributed by atoms with Crippen molar-refractivity contribution >= 4 is 11.7 Å². The molecule has 3 heterocycles. The van der Waals surface area contributed by atoms with E-state index in [1.54, 1.807) is 24.8 Å². The Morgan fingerprint density at radius 2 is 2.32 bits per heavy atom. The highest BCUT2D eigenvalue weighted by Gasteiger charge is 2.29. The summed E-state index contributed by atoms with van der Waals surface area (Å²) in [6, 6.07) is 2.13. The first-order valence-electron chi connectivity index (χ1n) is 7.48. The summed E-state index contributed by atoms with van der Waals surface area (Å²) >= 11 is 0. The molecule has 1 amide bonds. The van der Waals surface area contributed by atoms with Gasteiger partial charge in [0.05, 0.1) is 25.3 Å². The number of carbonyl (C=O) groups excluding carboxylic acids is 1. The topological polar surface area (TPSA) is 67.2 Å². The second-order valence-corrected chi connectivity index (χ2v) is 5.53. The third kappa shape index (κ3) is 3.24. The Morgan fingerprint density at radius 1 is 1.41 bits per heavy atom. The fourth-order valence-electron chi connectivity index (χ4n) is 2.84. The molecule has 1 atom stereocenters. The Bertz CT molecular complexity index is 600. The van der Waals surface area contributed by atoms with Crippen LogP contribution in [0.4, 0.5) is 5.82 Å². The fourth-order valence-corrected chi connectivity index (χ4v) is 2.84. The Hall–Kier alpha value is -2.44. The second-order valence-electron chi connectivity index (χ2n) is 5.53. The molecule has 0 bridgehead atoms. The van der Waals surface area contributed by atoms with Gasteiger partial charge in [0.25, 0.3) is 0 Å². The van der Waals surface area contributed by atoms with E-state index in [2.05, 4.69) is 15.1 Å². The summed E-state index contributed by atoms with van der Waals surface area (Å²) in [5.41, 5.74) is 0. The van der Waals surface area contributed by atoms with Crippen LogP contribution in [0, 0.1) is 0 Å². The van der Waals surface area contributed by atoms with Crippen molar-refractivity contribution in [2.24, 2.45) is 0 Å². The van der Waals surface area contributed by atoms with Gasteiger partial charge >= 0.3 is 0 Å². The minimum absolute atomic E-state index is 0.128. The van der Waals surface area contributed by atoms with Crippen LogP contribution >= 0.6 is 0 Å². The molecular weight excluding hydrogens is 280 g/mol. The van der Waals surface area contributed by atoms with Crippen LogP contribution in [0.2, 0.25) is 0 Å². The maximum Gasteiger partial charge on any atom is 0.242 e. The van der Waals surface area contributed by atoms with E-state index in [4.69, 9.17) is 0 Å². The average molecular weight is 300 g/mol. The lowest BCUT2D eigenvalue weighted by molar-refractivity contribution is -0.130. The van der Waals surface area contributed by atoms with Gasteiger partial charge in [-0.05, 0) is 18.9 Å². The standard InChI is InChI=1S/C15H20N6O/c1-19(14-10-16-6-7-17-14)12-15(22)21-9-2-4-13(21)11-20-8-3-5-18-20/h3,5-8,10,13H,2,4,9,11-12H2,1H3/t13-/m0/s1. The van der Waals surface area contributed by atoms with Crippen molar-refractivity contribution in [3.05, 3.63) is 37.1 Å². The summed E-state index contributed by atoms with van der Waals surface area (Å²) in [7, 11) is 1.86. The largest absolute Gasteiger partial charge is 0.349 e. The Kier molecular flexibility index (Phi) is 4.32. The highest BCUT2D eigenvalue weighted by atomic mass is 16.2. The molecule has 2 aromatic rings. The lowest BCUT2D eigenvalue weighted by atomic mass is 10.2. The smallest absolute Gasteiger partial charge is 0.242 e. The molecule has 22 heavy (non-hydrogen) atoms. The zero-order valence-corrected chi connectivity index (χ0v) is 12.7. The number of hydrogen-bond acceptors (Lipinski definition) is 5. The van der Waals surface area contributed by atoms with Crippen molar-refractivity contribution in [2.45, 2.75) is 25.4 Å². The molecule has 1 aliphatic rings. The molecule has 1 aliphatic heterocycles. The number of hydrogen-bond donors (Lipinski definition) is 0. The van der Waals surface area contributed by atoms with Gasteiger partial charge in [0.15, 0.2) is 0 Å². The van der Waals surface area contributed by atoms with Crippen LogP contribution in [-0.4, -0.2) is 56.7 Å². The molecule has 3 rings (SSSR count). The Morgan fingerprint density at radius 3 is 3.05 bits per heavy atom. The molecule has 2 aromatic heterocycles. The summed E-state index contributed by atoms with van der Waals surface area (Å²) in [5, 5.41) is 4.23. The van der Waals surface area contributed by atoms with E-state index in [1.807, 2.05) is 33.8 Å². The van der Waals surface area contributed by atoms with Crippen molar-refractivity contribution in [3.63, 3.8) is 0 Å². The summed E-state index contributed by atoms with van der Waals surface area (Å²) in [6.07, 6.45) is 10.7. The SMILES string of the molecule is CN(CC(=O)N1CCC[C@H]1Cn1cccn1)c1cnccn1. The predicted octanol–water partition coefficient (Wildman–Crippen LogP) is 0.800. The number of nitrogens with zero attached hydrogens (tertiary/aromatic N) is 6. The summed E-state index contributed by atoms with van der Waals surface area (Å²) in [5.74, 6) is 0.835. The Balaban J connectivity index is 1.61. The number of likely N-dealkylation sites (N-methyl/N-ethyl adjacent to an activating group) is 1. The van der Waals surface area contributed by atoms with Gasteiger partial charge in [-0.3, -0.25) is 14.5 Å². The minimum atomic E-state index is 0.128. The van der Waals surface area contributed by atoms with E-state index in [1.165, 1.54) is 0 Å². The molecular formula is C15H20N6O. The lowest BCUT2D eigenvalue weighted by Gasteiger charge is -2.27. The van der Waals surface area contributed by atoms with Crippen LogP contribution in [-0.2, 0) is 11.3 Å². The molecule has 0 radical (unpaired) electrons. The Labute approximate surface area is 129 Å². The van der Waals surface area contributed by atoms with Crippen LogP contribution < -0.4 is 4.90 Å². The molecule has 0 aliphatic carbocycles. The van der Waals surface area contributed by atoms with Crippen molar-refractivity contribution in [1.82, 2.24) is 24.6 Å². The lowest BCUT2D eigenvalue weighted by Crippen LogP contribution is -2.43. The third-order valence-electron chi connectivity index (χ3n) is 3.97. The number of likely N-dealkylation sites (tertiary alicyclic amines) is 1. The molecule has 0 aromatic carbocycles. The van der Waals surface area contributed by atoms with Crippen molar-refractivity contribution in [2.75, 3.05) is 25.0 Å². The quantitative estimate of drug-likeness (QED) is 0.817. The highest BCUT2D eigenvalue weighted by molar-refractivity contribution is 5.81. The molecule has 0 unspecified atom stereocenters. The van der Waals surface area contributed by atoms with E-state index in [0.29, 0.717) is 12.4 Å². The van der Waals surface area contributed by atoms with Crippen LogP contribution in [0.5, 0.6) is 0 Å². The van der Waals surface area contributed by atoms with Crippen LogP contribution in [0.1, 0.15) is 12.8 Å². The second kappa shape index (κ2) is 6.55. The van der Waals surface area contributed by atoms with Crippen LogP contribution in [0.15, 0.2) is 37.1 Å². The van der Waals surface area contributed by atoms with E-state index in [0.717, 1.165) is 25.9 Å². The molecule has 7 nitrogen and oxygen atoms in total. The predicted molar refractivity (Wildman–Crippen MR) is 82.3 cm³/mol. The first-order chi connectivity index (χ1) is 10.7. The third-order valence-corrected chi connectivity index (χ3v) is 3.97. The molecule has 116 valence electrons. The van der Waals surface area contributed by atoms with Crippen molar-refractivity contribution in [1.29, 1.82) is 0 Å². The first-order valence-corrected chi connectivity index (χ1v) is 7.48. The van der Waals surface area contributed by atoms with Gasteiger partial charge in [-0.2, -0.15) is 5.10 Å². The number of anilines is 1. The van der Waals surface area contributed by atoms with Gasteiger partial charge in [-0.15, -0.1) is 0 Å². The number of rotatable bonds is 5. The van der Waals surface area contributed by atoms with Gasteiger partial charge in [0.2, 0.25) is 5.91 Å². The zero-order chi connectivity index (χ0) is 15.4. The average Bonchev–Trinajstić information content (AvgIpc) is 3.20.